The van der Waals surface area contributed by atoms with Gasteiger partial charge in [-0.15, -0.1) is 10.2 Å². The van der Waals surface area contributed by atoms with Crippen LogP contribution >= 0.6 is 0 Å². The SMILES string of the molecule is O[C@@H](Cc1c[nH]c2ccc(-n3cnnc3)cc12)CN1CCN(Cc2ccccc2)CC1. The lowest BCUT2D eigenvalue weighted by Crippen LogP contribution is -2.48. The minimum absolute atomic E-state index is 0.391. The van der Waals surface area contributed by atoms with Crippen LogP contribution in [0.15, 0.2) is 67.4 Å². The van der Waals surface area contributed by atoms with Crippen molar-refractivity contribution < 1.29 is 5.11 Å². The van der Waals surface area contributed by atoms with E-state index in [1.165, 1.54) is 5.56 Å². The Kier molecular flexibility index (Phi) is 5.80. The minimum Gasteiger partial charge on any atom is -0.391 e. The maximum absolute atomic E-state index is 10.8. The van der Waals surface area contributed by atoms with Gasteiger partial charge in [-0.1, -0.05) is 30.3 Å². The number of hydrogen-bond donors (Lipinski definition) is 2. The Labute approximate surface area is 181 Å². The first-order valence-electron chi connectivity index (χ1n) is 10.9. The number of hydrogen-bond acceptors (Lipinski definition) is 5. The number of nitrogens with zero attached hydrogens (tertiary/aromatic N) is 5. The van der Waals surface area contributed by atoms with E-state index in [4.69, 9.17) is 0 Å². The van der Waals surface area contributed by atoms with E-state index in [0.29, 0.717) is 13.0 Å². The van der Waals surface area contributed by atoms with Crippen LogP contribution in [0.4, 0.5) is 0 Å². The summed E-state index contributed by atoms with van der Waals surface area (Å²) < 4.78 is 1.89. The van der Waals surface area contributed by atoms with Gasteiger partial charge in [-0.25, -0.2) is 0 Å². The summed E-state index contributed by atoms with van der Waals surface area (Å²) in [6.07, 6.45) is 5.65. The largest absolute Gasteiger partial charge is 0.391 e. The Bertz CT molecular complexity index is 1100. The summed E-state index contributed by atoms with van der Waals surface area (Å²) in [6, 6.07) is 16.9. The minimum atomic E-state index is -0.391. The number of H-pyrrole nitrogens is 1. The number of benzene rings is 2. The van der Waals surface area contributed by atoms with Gasteiger partial charge in [-0.05, 0) is 29.3 Å². The maximum Gasteiger partial charge on any atom is 0.123 e. The lowest BCUT2D eigenvalue weighted by Gasteiger charge is -2.35. The molecule has 1 saturated heterocycles. The van der Waals surface area contributed by atoms with Gasteiger partial charge in [-0.2, -0.15) is 0 Å². The number of aliphatic hydroxyl groups is 1. The van der Waals surface area contributed by atoms with Crippen LogP contribution in [0.25, 0.3) is 16.6 Å². The summed E-state index contributed by atoms with van der Waals surface area (Å²) in [4.78, 5) is 8.20. The van der Waals surface area contributed by atoms with Crippen LogP contribution in [0.5, 0.6) is 0 Å². The van der Waals surface area contributed by atoms with Crippen molar-refractivity contribution in [2.75, 3.05) is 32.7 Å². The van der Waals surface area contributed by atoms with Crippen molar-refractivity contribution in [1.82, 2.24) is 29.5 Å². The second-order valence-electron chi connectivity index (χ2n) is 8.33. The fourth-order valence-corrected chi connectivity index (χ4v) is 4.42. The number of β-amino-alcohol motifs (C(OH)–C–C–N with tert-alkyl or cyclic N) is 1. The van der Waals surface area contributed by atoms with Crippen LogP contribution in [-0.2, 0) is 13.0 Å². The topological polar surface area (TPSA) is 73.2 Å². The molecule has 1 fully saturated rings. The predicted molar refractivity (Wildman–Crippen MR) is 121 cm³/mol. The first-order chi connectivity index (χ1) is 15.2. The standard InChI is InChI=1S/C24H28N6O/c31-22(16-29-10-8-28(9-11-29)15-19-4-2-1-3-5-19)12-20-14-25-24-7-6-21(13-23(20)24)30-17-26-27-18-30/h1-7,13-14,17-18,22,25,31H,8-12,15-16H2/t22-/m0/s1. The van der Waals surface area contributed by atoms with E-state index in [1.807, 2.05) is 16.8 Å². The summed E-state index contributed by atoms with van der Waals surface area (Å²) in [7, 11) is 0. The normalized spacial score (nSPS) is 16.7. The van der Waals surface area contributed by atoms with Gasteiger partial charge < -0.3 is 10.1 Å². The number of aromatic nitrogens is 4. The summed E-state index contributed by atoms with van der Waals surface area (Å²) in [5.74, 6) is 0. The number of fused-ring (bicyclic) bond motifs is 1. The highest BCUT2D eigenvalue weighted by atomic mass is 16.3. The summed E-state index contributed by atoms with van der Waals surface area (Å²) >= 11 is 0. The fourth-order valence-electron chi connectivity index (χ4n) is 4.42. The highest BCUT2D eigenvalue weighted by Gasteiger charge is 2.20. The molecule has 0 bridgehead atoms. The molecule has 0 unspecified atom stereocenters. The predicted octanol–water partition coefficient (Wildman–Crippen LogP) is 2.47. The molecule has 1 atom stereocenters. The molecular weight excluding hydrogens is 388 g/mol. The lowest BCUT2D eigenvalue weighted by atomic mass is 10.1. The van der Waals surface area contributed by atoms with Gasteiger partial charge >= 0.3 is 0 Å². The van der Waals surface area contributed by atoms with E-state index in [1.54, 1.807) is 12.7 Å². The molecule has 0 amide bonds. The highest BCUT2D eigenvalue weighted by molar-refractivity contribution is 5.85. The van der Waals surface area contributed by atoms with Gasteiger partial charge in [0.1, 0.15) is 12.7 Å². The molecule has 0 saturated carbocycles. The molecule has 1 aliphatic heterocycles. The van der Waals surface area contributed by atoms with Crippen molar-refractivity contribution in [3.05, 3.63) is 78.5 Å². The molecule has 0 spiro atoms. The van der Waals surface area contributed by atoms with Gasteiger partial charge in [0, 0.05) is 68.5 Å². The summed E-state index contributed by atoms with van der Waals surface area (Å²) in [5.41, 5.74) is 4.59. The van der Waals surface area contributed by atoms with Crippen LogP contribution in [-0.4, -0.2) is 73.5 Å². The van der Waals surface area contributed by atoms with E-state index in [0.717, 1.165) is 54.9 Å². The highest BCUT2D eigenvalue weighted by Crippen LogP contribution is 2.23. The molecule has 160 valence electrons. The molecule has 2 N–H and O–H groups in total. The van der Waals surface area contributed by atoms with Crippen molar-refractivity contribution in [1.29, 1.82) is 0 Å². The zero-order valence-corrected chi connectivity index (χ0v) is 17.6. The average molecular weight is 417 g/mol. The molecular formula is C24H28N6O. The molecule has 5 rings (SSSR count). The number of piperazine rings is 1. The first-order valence-corrected chi connectivity index (χ1v) is 10.9. The Morgan fingerprint density at radius 1 is 0.935 bits per heavy atom. The van der Waals surface area contributed by atoms with E-state index in [2.05, 4.69) is 67.4 Å². The molecule has 7 nitrogen and oxygen atoms in total. The van der Waals surface area contributed by atoms with E-state index in [9.17, 15) is 5.11 Å². The number of aliphatic hydroxyl groups excluding tert-OH is 1. The number of rotatable bonds is 7. The van der Waals surface area contributed by atoms with Crippen molar-refractivity contribution in [3.8, 4) is 5.69 Å². The fraction of sp³-hybridized carbons (Fsp3) is 0.333. The third-order valence-electron chi connectivity index (χ3n) is 6.11. The Morgan fingerprint density at radius 3 is 2.45 bits per heavy atom. The second-order valence-corrected chi connectivity index (χ2v) is 8.33. The molecule has 0 radical (unpaired) electrons. The quantitative estimate of drug-likeness (QED) is 0.484. The summed E-state index contributed by atoms with van der Waals surface area (Å²) in [5, 5.41) is 19.7. The Morgan fingerprint density at radius 2 is 1.68 bits per heavy atom. The molecule has 1 aliphatic rings. The maximum atomic E-state index is 10.8. The van der Waals surface area contributed by atoms with Gasteiger partial charge in [-0.3, -0.25) is 14.4 Å². The van der Waals surface area contributed by atoms with Crippen molar-refractivity contribution in [3.63, 3.8) is 0 Å². The van der Waals surface area contributed by atoms with Crippen LogP contribution in [0, 0.1) is 0 Å². The molecule has 31 heavy (non-hydrogen) atoms. The lowest BCUT2D eigenvalue weighted by molar-refractivity contribution is 0.0706. The third kappa shape index (κ3) is 4.69. The third-order valence-corrected chi connectivity index (χ3v) is 6.11. The average Bonchev–Trinajstić information content (AvgIpc) is 3.46. The number of aromatic amines is 1. The van der Waals surface area contributed by atoms with Crippen molar-refractivity contribution in [2.45, 2.75) is 19.1 Å². The molecule has 0 aliphatic carbocycles. The first kappa shape index (κ1) is 19.9. The molecule has 3 heterocycles. The van der Waals surface area contributed by atoms with Crippen LogP contribution < -0.4 is 0 Å². The second kappa shape index (κ2) is 9.01. The zero-order chi connectivity index (χ0) is 21.0. The molecule has 2 aromatic heterocycles. The molecule has 2 aromatic carbocycles. The molecule has 4 aromatic rings. The van der Waals surface area contributed by atoms with Gasteiger partial charge in [0.05, 0.1) is 6.10 Å². The smallest absolute Gasteiger partial charge is 0.123 e. The van der Waals surface area contributed by atoms with Gasteiger partial charge in [0.15, 0.2) is 0 Å². The van der Waals surface area contributed by atoms with E-state index in [-0.39, 0.29) is 0 Å². The van der Waals surface area contributed by atoms with Crippen LogP contribution in [0.3, 0.4) is 0 Å². The number of nitrogens with one attached hydrogen (secondary N) is 1. The zero-order valence-electron chi connectivity index (χ0n) is 17.6. The van der Waals surface area contributed by atoms with Crippen LogP contribution in [0.2, 0.25) is 0 Å². The van der Waals surface area contributed by atoms with E-state index >= 15 is 0 Å². The van der Waals surface area contributed by atoms with Gasteiger partial charge in [0.2, 0.25) is 0 Å². The van der Waals surface area contributed by atoms with E-state index < -0.39 is 6.10 Å². The Hall–Kier alpha value is -3.00. The van der Waals surface area contributed by atoms with Gasteiger partial charge in [0.25, 0.3) is 0 Å². The van der Waals surface area contributed by atoms with Crippen LogP contribution in [0.1, 0.15) is 11.1 Å². The monoisotopic (exact) mass is 416 g/mol. The van der Waals surface area contributed by atoms with Crippen molar-refractivity contribution >= 4 is 10.9 Å². The summed E-state index contributed by atoms with van der Waals surface area (Å²) in [6.45, 7) is 5.78. The Balaban J connectivity index is 1.17. The molecule has 7 heteroatoms. The van der Waals surface area contributed by atoms with Crippen molar-refractivity contribution in [2.24, 2.45) is 0 Å².